The number of aromatic nitrogens is 1. The Morgan fingerprint density at radius 3 is 2.24 bits per heavy atom. The predicted molar refractivity (Wildman–Crippen MR) is 170 cm³/mol. The zero-order valence-electron chi connectivity index (χ0n) is 23.4. The molecule has 0 bridgehead atoms. The molecule has 1 amide bonds. The minimum absolute atomic E-state index is 0.101. The first-order chi connectivity index (χ1) is 19.9. The van der Waals surface area contributed by atoms with Gasteiger partial charge in [0.25, 0.3) is 11.5 Å². The number of piperazine rings is 1. The highest BCUT2D eigenvalue weighted by Crippen LogP contribution is 2.36. The van der Waals surface area contributed by atoms with Gasteiger partial charge in [-0.15, -0.1) is 0 Å². The van der Waals surface area contributed by atoms with E-state index in [4.69, 9.17) is 12.2 Å². The van der Waals surface area contributed by atoms with Crippen LogP contribution in [0.3, 0.4) is 0 Å². The van der Waals surface area contributed by atoms with E-state index < -0.39 is 0 Å². The number of aryl methyl sites for hydroxylation is 1. The molecule has 210 valence electrons. The summed E-state index contributed by atoms with van der Waals surface area (Å²) in [5, 5.41) is 9.81. The summed E-state index contributed by atoms with van der Waals surface area (Å²) in [6.45, 7) is 6.35. The number of benzene rings is 2. The molecular weight excluding hydrogens is 551 g/mol. The fourth-order valence-corrected chi connectivity index (χ4v) is 6.75. The summed E-state index contributed by atoms with van der Waals surface area (Å²) in [6.07, 6.45) is 3.50. The fraction of sp³-hybridized carbons (Fsp3) is 0.312. The number of carbonyl (C=O) groups excluding carboxylic acids is 1. The highest BCUT2D eigenvalue weighted by molar-refractivity contribution is 8.26. The van der Waals surface area contributed by atoms with Crippen LogP contribution < -0.4 is 10.5 Å². The molecule has 2 aromatic carbocycles. The maximum atomic E-state index is 13.5. The highest BCUT2D eigenvalue weighted by atomic mass is 32.2. The van der Waals surface area contributed by atoms with Gasteiger partial charge in [-0.2, -0.15) is 5.26 Å². The van der Waals surface area contributed by atoms with Crippen LogP contribution >= 0.6 is 24.0 Å². The summed E-state index contributed by atoms with van der Waals surface area (Å²) in [7, 11) is 1.71. The van der Waals surface area contributed by atoms with Crippen molar-refractivity contribution in [2.24, 2.45) is 7.05 Å². The number of rotatable bonds is 8. The molecule has 2 aliphatic heterocycles. The quantitative estimate of drug-likeness (QED) is 0.281. The summed E-state index contributed by atoms with van der Waals surface area (Å²) in [4.78, 5) is 33.4. The maximum absolute atomic E-state index is 13.5. The molecular formula is C32H33N5O2S2. The molecule has 7 nitrogen and oxygen atoms in total. The number of nitriles is 1. The molecule has 0 unspecified atom stereocenters. The van der Waals surface area contributed by atoms with E-state index in [1.54, 1.807) is 23.4 Å². The largest absolute Gasteiger partial charge is 0.355 e. The Hall–Kier alpha value is -3.71. The number of thiocarbonyl (C=S) groups is 1. The lowest BCUT2D eigenvalue weighted by molar-refractivity contribution is -0.122. The molecule has 1 aromatic heterocycles. The molecule has 0 aliphatic carbocycles. The van der Waals surface area contributed by atoms with Crippen LogP contribution in [0.2, 0.25) is 0 Å². The molecule has 41 heavy (non-hydrogen) atoms. The van der Waals surface area contributed by atoms with E-state index in [1.807, 2.05) is 30.3 Å². The third kappa shape index (κ3) is 6.30. The molecule has 5 rings (SSSR count). The van der Waals surface area contributed by atoms with E-state index in [2.05, 4.69) is 52.3 Å². The van der Waals surface area contributed by atoms with Crippen molar-refractivity contribution in [2.45, 2.75) is 26.3 Å². The van der Waals surface area contributed by atoms with Gasteiger partial charge in [-0.25, -0.2) is 0 Å². The van der Waals surface area contributed by atoms with Crippen molar-refractivity contribution in [1.82, 2.24) is 14.4 Å². The van der Waals surface area contributed by atoms with E-state index in [0.717, 1.165) is 56.9 Å². The van der Waals surface area contributed by atoms with Crippen LogP contribution in [0.5, 0.6) is 0 Å². The first-order valence-electron chi connectivity index (χ1n) is 13.8. The Bertz CT molecular complexity index is 1570. The SMILES string of the molecule is Cc1c(C=C2SC(=S)N(CCCc3ccccc3)C2=O)c(N2CCN(Cc3ccccc3)CC2)n(C)c(=O)c1C#N. The maximum Gasteiger partial charge on any atom is 0.270 e. The van der Waals surface area contributed by atoms with Gasteiger partial charge in [-0.05, 0) is 42.5 Å². The average Bonchev–Trinajstić information content (AvgIpc) is 3.25. The van der Waals surface area contributed by atoms with Gasteiger partial charge >= 0.3 is 0 Å². The van der Waals surface area contributed by atoms with Gasteiger partial charge in [0.05, 0.1) is 4.91 Å². The molecule has 2 saturated heterocycles. The first-order valence-corrected chi connectivity index (χ1v) is 15.0. The standard InChI is InChI=1S/C32H33N5O2S2/c1-23-26(20-28-31(39)37(32(40)41-28)15-9-14-24-10-5-3-6-11-24)29(34(2)30(38)27(23)21-33)36-18-16-35(17-19-36)22-25-12-7-4-8-13-25/h3-8,10-13,20H,9,14-19,22H2,1-2H3. The third-order valence-corrected chi connectivity index (χ3v) is 9.11. The van der Waals surface area contributed by atoms with Crippen LogP contribution in [-0.2, 0) is 24.8 Å². The second kappa shape index (κ2) is 12.9. The minimum Gasteiger partial charge on any atom is -0.355 e. The van der Waals surface area contributed by atoms with Crippen LogP contribution in [0.15, 0.2) is 70.4 Å². The van der Waals surface area contributed by atoms with Crippen LogP contribution in [0.25, 0.3) is 6.08 Å². The average molecular weight is 584 g/mol. The van der Waals surface area contributed by atoms with Crippen LogP contribution in [0.1, 0.15) is 34.2 Å². The Morgan fingerprint density at radius 2 is 1.61 bits per heavy atom. The highest BCUT2D eigenvalue weighted by Gasteiger charge is 2.33. The zero-order valence-corrected chi connectivity index (χ0v) is 25.0. The number of pyridine rings is 1. The Kier molecular flexibility index (Phi) is 9.03. The van der Waals surface area contributed by atoms with Crippen molar-refractivity contribution in [3.05, 3.63) is 104 Å². The smallest absolute Gasteiger partial charge is 0.270 e. The van der Waals surface area contributed by atoms with Crippen molar-refractivity contribution in [2.75, 3.05) is 37.6 Å². The number of hydrogen-bond acceptors (Lipinski definition) is 7. The lowest BCUT2D eigenvalue weighted by atomic mass is 10.0. The van der Waals surface area contributed by atoms with Gasteiger partial charge in [0, 0.05) is 51.9 Å². The van der Waals surface area contributed by atoms with Gasteiger partial charge < -0.3 is 4.90 Å². The van der Waals surface area contributed by atoms with Crippen molar-refractivity contribution in [3.8, 4) is 6.07 Å². The summed E-state index contributed by atoms with van der Waals surface area (Å²) in [5.74, 6) is 0.610. The Morgan fingerprint density at radius 1 is 0.976 bits per heavy atom. The molecule has 0 saturated carbocycles. The molecule has 2 aliphatic rings. The lowest BCUT2D eigenvalue weighted by Crippen LogP contribution is -2.48. The number of nitrogens with zero attached hydrogens (tertiary/aromatic N) is 5. The van der Waals surface area contributed by atoms with Gasteiger partial charge in [0.15, 0.2) is 0 Å². The number of carbonyl (C=O) groups is 1. The van der Waals surface area contributed by atoms with Gasteiger partial charge in [0.2, 0.25) is 0 Å². The molecule has 0 spiro atoms. The molecule has 2 fully saturated rings. The number of thioether (sulfide) groups is 1. The monoisotopic (exact) mass is 583 g/mol. The zero-order chi connectivity index (χ0) is 28.9. The van der Waals surface area contributed by atoms with Crippen molar-refractivity contribution >= 4 is 46.1 Å². The van der Waals surface area contributed by atoms with Gasteiger partial charge in [0.1, 0.15) is 21.8 Å². The lowest BCUT2D eigenvalue weighted by Gasteiger charge is -2.37. The molecule has 0 radical (unpaired) electrons. The first kappa shape index (κ1) is 28.8. The number of anilines is 1. The van der Waals surface area contributed by atoms with Crippen LogP contribution in [-0.4, -0.2) is 57.3 Å². The Labute approximate surface area is 250 Å². The molecule has 9 heteroatoms. The summed E-state index contributed by atoms with van der Waals surface area (Å²) < 4.78 is 2.10. The minimum atomic E-state index is -0.322. The summed E-state index contributed by atoms with van der Waals surface area (Å²) >= 11 is 6.88. The van der Waals surface area contributed by atoms with E-state index in [-0.39, 0.29) is 17.0 Å². The normalized spacial score (nSPS) is 17.0. The topological polar surface area (TPSA) is 72.6 Å². The van der Waals surface area contributed by atoms with Crippen molar-refractivity contribution in [1.29, 1.82) is 5.26 Å². The second-order valence-corrected chi connectivity index (χ2v) is 12.1. The molecule has 0 N–H and O–H groups in total. The second-order valence-electron chi connectivity index (χ2n) is 10.4. The molecule has 3 aromatic rings. The third-order valence-electron chi connectivity index (χ3n) is 7.73. The summed E-state index contributed by atoms with van der Waals surface area (Å²) in [6, 6.07) is 22.7. The van der Waals surface area contributed by atoms with Gasteiger partial charge in [-0.3, -0.25) is 24.0 Å². The summed E-state index contributed by atoms with van der Waals surface area (Å²) in [5.41, 5.74) is 3.60. The van der Waals surface area contributed by atoms with Crippen LogP contribution in [0, 0.1) is 18.3 Å². The van der Waals surface area contributed by atoms with E-state index in [1.165, 1.54) is 22.9 Å². The van der Waals surface area contributed by atoms with E-state index in [9.17, 15) is 14.9 Å². The number of amides is 1. The fourth-order valence-electron chi connectivity index (χ4n) is 5.46. The van der Waals surface area contributed by atoms with Crippen LogP contribution in [0.4, 0.5) is 5.82 Å². The molecule has 3 heterocycles. The van der Waals surface area contributed by atoms with E-state index in [0.29, 0.717) is 21.3 Å². The Balaban J connectivity index is 1.38. The van der Waals surface area contributed by atoms with Gasteiger partial charge in [-0.1, -0.05) is 84.6 Å². The predicted octanol–water partition coefficient (Wildman–Crippen LogP) is 4.72. The van der Waals surface area contributed by atoms with Crippen molar-refractivity contribution < 1.29 is 4.79 Å². The molecule has 0 atom stereocenters. The number of hydrogen-bond donors (Lipinski definition) is 0. The van der Waals surface area contributed by atoms with E-state index >= 15 is 0 Å². The van der Waals surface area contributed by atoms with Crippen molar-refractivity contribution in [3.63, 3.8) is 0 Å².